The van der Waals surface area contributed by atoms with E-state index in [4.69, 9.17) is 0 Å². The molecule has 4 heteroatoms. The third-order valence-electron chi connectivity index (χ3n) is 2.64. The van der Waals surface area contributed by atoms with Crippen LogP contribution in [-0.2, 0) is 6.54 Å². The molecular weight excluding hydrogens is 242 g/mol. The van der Waals surface area contributed by atoms with E-state index in [2.05, 4.69) is 40.7 Å². The summed E-state index contributed by atoms with van der Waals surface area (Å²) in [6, 6.07) is 10.3. The standard InChI is InChI=1S/C14H17N3S/c1-12-6-7-13(18-12)11-17(10-9-15-2)14-5-3-4-8-16-14/h3-8H,2,9-11H2,1H3. The molecule has 0 N–H and O–H groups in total. The lowest BCUT2D eigenvalue weighted by Gasteiger charge is -2.22. The first kappa shape index (κ1) is 12.8. The van der Waals surface area contributed by atoms with Gasteiger partial charge in [0.1, 0.15) is 5.82 Å². The van der Waals surface area contributed by atoms with E-state index in [-0.39, 0.29) is 0 Å². The van der Waals surface area contributed by atoms with E-state index in [0.29, 0.717) is 0 Å². The highest BCUT2D eigenvalue weighted by molar-refractivity contribution is 7.11. The van der Waals surface area contributed by atoms with Crippen LogP contribution in [0.2, 0.25) is 0 Å². The predicted molar refractivity (Wildman–Crippen MR) is 78.8 cm³/mol. The summed E-state index contributed by atoms with van der Waals surface area (Å²) >= 11 is 1.83. The highest BCUT2D eigenvalue weighted by atomic mass is 32.1. The van der Waals surface area contributed by atoms with Crippen LogP contribution in [0.4, 0.5) is 5.82 Å². The second-order valence-electron chi connectivity index (χ2n) is 4.07. The van der Waals surface area contributed by atoms with Gasteiger partial charge in [0.2, 0.25) is 0 Å². The Morgan fingerprint density at radius 2 is 2.22 bits per heavy atom. The lowest BCUT2D eigenvalue weighted by molar-refractivity contribution is 0.786. The number of nitrogens with zero attached hydrogens (tertiary/aromatic N) is 3. The van der Waals surface area contributed by atoms with Crippen molar-refractivity contribution in [3.8, 4) is 0 Å². The van der Waals surface area contributed by atoms with Crippen LogP contribution in [0.1, 0.15) is 9.75 Å². The molecule has 0 saturated carbocycles. The van der Waals surface area contributed by atoms with Crippen LogP contribution in [0.25, 0.3) is 0 Å². The molecule has 0 aliphatic rings. The van der Waals surface area contributed by atoms with E-state index in [1.807, 2.05) is 35.7 Å². The van der Waals surface area contributed by atoms with Crippen LogP contribution in [0.3, 0.4) is 0 Å². The van der Waals surface area contributed by atoms with Gasteiger partial charge in [-0.2, -0.15) is 0 Å². The summed E-state index contributed by atoms with van der Waals surface area (Å²) < 4.78 is 0. The largest absolute Gasteiger partial charge is 0.350 e. The van der Waals surface area contributed by atoms with Gasteiger partial charge < -0.3 is 4.90 Å². The molecule has 0 aromatic carbocycles. The minimum Gasteiger partial charge on any atom is -0.350 e. The van der Waals surface area contributed by atoms with Gasteiger partial charge in [-0.1, -0.05) is 6.07 Å². The van der Waals surface area contributed by atoms with Crippen LogP contribution >= 0.6 is 11.3 Å². The van der Waals surface area contributed by atoms with Crippen LogP contribution < -0.4 is 4.90 Å². The van der Waals surface area contributed by atoms with E-state index >= 15 is 0 Å². The van der Waals surface area contributed by atoms with Crippen LogP contribution in [0, 0.1) is 6.92 Å². The van der Waals surface area contributed by atoms with Crippen molar-refractivity contribution in [2.24, 2.45) is 4.99 Å². The molecule has 94 valence electrons. The molecule has 2 heterocycles. The van der Waals surface area contributed by atoms with Crippen molar-refractivity contribution in [1.29, 1.82) is 0 Å². The molecule has 0 unspecified atom stereocenters. The van der Waals surface area contributed by atoms with Crippen LogP contribution in [0.5, 0.6) is 0 Å². The Labute approximate surface area is 112 Å². The lowest BCUT2D eigenvalue weighted by Crippen LogP contribution is -2.26. The summed E-state index contributed by atoms with van der Waals surface area (Å²) in [6.07, 6.45) is 1.82. The molecule has 18 heavy (non-hydrogen) atoms. The van der Waals surface area contributed by atoms with E-state index in [1.54, 1.807) is 0 Å². The number of anilines is 1. The fourth-order valence-electron chi connectivity index (χ4n) is 1.77. The van der Waals surface area contributed by atoms with Crippen molar-refractivity contribution in [3.63, 3.8) is 0 Å². The Kier molecular flexibility index (Phi) is 4.47. The van der Waals surface area contributed by atoms with E-state index in [9.17, 15) is 0 Å². The SMILES string of the molecule is C=NCCN(Cc1ccc(C)s1)c1ccccn1. The number of hydrogen-bond acceptors (Lipinski definition) is 4. The summed E-state index contributed by atoms with van der Waals surface area (Å²) in [5.41, 5.74) is 0. The molecule has 0 bridgehead atoms. The number of aromatic nitrogens is 1. The molecule has 0 aliphatic heterocycles. The molecule has 0 spiro atoms. The summed E-state index contributed by atoms with van der Waals surface area (Å²) in [4.78, 5) is 13.3. The van der Waals surface area contributed by atoms with Gasteiger partial charge in [0, 0.05) is 22.5 Å². The quantitative estimate of drug-likeness (QED) is 0.746. The first-order chi connectivity index (χ1) is 8.79. The maximum Gasteiger partial charge on any atom is 0.128 e. The number of aliphatic imine (C=N–C) groups is 1. The predicted octanol–water partition coefficient (Wildman–Crippen LogP) is 3.16. The van der Waals surface area contributed by atoms with Gasteiger partial charge >= 0.3 is 0 Å². The van der Waals surface area contributed by atoms with Gasteiger partial charge in [0.05, 0.1) is 13.1 Å². The normalized spacial score (nSPS) is 10.3. The average molecular weight is 259 g/mol. The van der Waals surface area contributed by atoms with Crippen molar-refractivity contribution in [2.45, 2.75) is 13.5 Å². The highest BCUT2D eigenvalue weighted by Crippen LogP contribution is 2.20. The van der Waals surface area contributed by atoms with Gasteiger partial charge in [-0.15, -0.1) is 11.3 Å². The maximum atomic E-state index is 4.40. The average Bonchev–Trinajstić information content (AvgIpc) is 2.81. The van der Waals surface area contributed by atoms with Crippen LogP contribution in [-0.4, -0.2) is 24.8 Å². The fourth-order valence-corrected chi connectivity index (χ4v) is 2.67. The number of aryl methyl sites for hydroxylation is 1. The summed E-state index contributed by atoms with van der Waals surface area (Å²) in [6.45, 7) is 8.12. The zero-order chi connectivity index (χ0) is 12.8. The third-order valence-corrected chi connectivity index (χ3v) is 3.63. The number of rotatable bonds is 6. The van der Waals surface area contributed by atoms with Gasteiger partial charge in [0.25, 0.3) is 0 Å². The van der Waals surface area contributed by atoms with E-state index < -0.39 is 0 Å². The van der Waals surface area contributed by atoms with Crippen LogP contribution in [0.15, 0.2) is 41.5 Å². The zero-order valence-electron chi connectivity index (χ0n) is 10.5. The van der Waals surface area contributed by atoms with Crippen molar-refractivity contribution in [2.75, 3.05) is 18.0 Å². The molecule has 0 radical (unpaired) electrons. The smallest absolute Gasteiger partial charge is 0.128 e. The van der Waals surface area contributed by atoms with Crippen molar-refractivity contribution >= 4 is 23.9 Å². The van der Waals surface area contributed by atoms with Gasteiger partial charge in [-0.05, 0) is 37.9 Å². The van der Waals surface area contributed by atoms with Crippen molar-refractivity contribution < 1.29 is 0 Å². The summed E-state index contributed by atoms with van der Waals surface area (Å²) in [5.74, 6) is 0.993. The Hall–Kier alpha value is -1.68. The summed E-state index contributed by atoms with van der Waals surface area (Å²) in [7, 11) is 0. The lowest BCUT2D eigenvalue weighted by atomic mass is 10.3. The molecule has 0 fully saturated rings. The Balaban J connectivity index is 2.12. The second-order valence-corrected chi connectivity index (χ2v) is 5.44. The number of thiophene rings is 1. The highest BCUT2D eigenvalue weighted by Gasteiger charge is 2.08. The molecule has 0 aliphatic carbocycles. The Morgan fingerprint density at radius 3 is 2.83 bits per heavy atom. The molecule has 2 aromatic rings. The topological polar surface area (TPSA) is 28.5 Å². The van der Waals surface area contributed by atoms with Gasteiger partial charge in [0.15, 0.2) is 0 Å². The molecule has 2 rings (SSSR count). The minimum absolute atomic E-state index is 0.723. The zero-order valence-corrected chi connectivity index (χ0v) is 11.4. The van der Waals surface area contributed by atoms with E-state index in [0.717, 1.165) is 25.5 Å². The summed E-state index contributed by atoms with van der Waals surface area (Å²) in [5, 5.41) is 0. The molecule has 0 atom stereocenters. The second kappa shape index (κ2) is 6.31. The minimum atomic E-state index is 0.723. The molecule has 0 saturated heterocycles. The third kappa shape index (κ3) is 3.40. The molecular formula is C14H17N3S. The fraction of sp³-hybridized carbons (Fsp3) is 0.286. The molecule has 3 nitrogen and oxygen atoms in total. The maximum absolute atomic E-state index is 4.40. The van der Waals surface area contributed by atoms with Crippen molar-refractivity contribution in [1.82, 2.24) is 4.98 Å². The number of pyridine rings is 1. The van der Waals surface area contributed by atoms with Crippen molar-refractivity contribution in [3.05, 3.63) is 46.3 Å². The van der Waals surface area contributed by atoms with E-state index in [1.165, 1.54) is 9.75 Å². The van der Waals surface area contributed by atoms with Gasteiger partial charge in [-0.3, -0.25) is 4.99 Å². The first-order valence-electron chi connectivity index (χ1n) is 5.93. The van der Waals surface area contributed by atoms with Gasteiger partial charge in [-0.25, -0.2) is 4.98 Å². The Morgan fingerprint density at radius 1 is 1.33 bits per heavy atom. The monoisotopic (exact) mass is 259 g/mol. The number of hydrogen-bond donors (Lipinski definition) is 0. The Bertz CT molecular complexity index is 493. The first-order valence-corrected chi connectivity index (χ1v) is 6.75. The molecule has 2 aromatic heterocycles. The molecule has 0 amide bonds.